The summed E-state index contributed by atoms with van der Waals surface area (Å²) < 4.78 is 13.2. The summed E-state index contributed by atoms with van der Waals surface area (Å²) >= 11 is 12.3. The summed E-state index contributed by atoms with van der Waals surface area (Å²) in [6.45, 7) is 0.194. The summed E-state index contributed by atoms with van der Waals surface area (Å²) in [7, 11) is 0. The number of nitrogens with zero attached hydrogens (tertiary/aromatic N) is 1. The van der Waals surface area contributed by atoms with Crippen LogP contribution < -0.4 is 22.1 Å². The lowest BCUT2D eigenvalue weighted by Gasteiger charge is -2.37. The average Bonchev–Trinajstić information content (AvgIpc) is 2.88. The van der Waals surface area contributed by atoms with Crippen molar-refractivity contribution < 1.29 is 9.18 Å². The summed E-state index contributed by atoms with van der Waals surface area (Å²) in [4.78, 5) is 13.7. The number of amides is 1. The average molecular weight is 425 g/mol. The van der Waals surface area contributed by atoms with E-state index in [1.165, 1.54) is 6.07 Å². The predicted molar refractivity (Wildman–Crippen MR) is 112 cm³/mol. The summed E-state index contributed by atoms with van der Waals surface area (Å²) in [5.41, 5.74) is 19.3. The summed E-state index contributed by atoms with van der Waals surface area (Å²) in [6.07, 6.45) is 0.139. The maximum absolute atomic E-state index is 14.3. The number of nitrogens with two attached hydrogens (primary N) is 3. The van der Waals surface area contributed by atoms with E-state index in [0.29, 0.717) is 21.8 Å². The van der Waals surface area contributed by atoms with Gasteiger partial charge in [-0.2, -0.15) is 0 Å². The lowest BCUT2D eigenvalue weighted by Crippen LogP contribution is -2.42. The van der Waals surface area contributed by atoms with Gasteiger partial charge in [0.1, 0.15) is 20.7 Å². The molecule has 1 aliphatic heterocycles. The van der Waals surface area contributed by atoms with E-state index in [0.717, 1.165) is 11.8 Å². The molecule has 0 saturated heterocycles. The topological polar surface area (TPSA) is 98.4 Å². The molecule has 2 aromatic carbocycles. The number of carbonyl (C=O) groups is 1. The van der Waals surface area contributed by atoms with Crippen LogP contribution in [0.25, 0.3) is 0 Å². The minimum absolute atomic E-state index is 0.113. The van der Waals surface area contributed by atoms with Gasteiger partial charge in [-0.1, -0.05) is 53.7 Å². The summed E-state index contributed by atoms with van der Waals surface area (Å²) in [5.74, 6) is -0.953. The van der Waals surface area contributed by atoms with Crippen LogP contribution in [0.2, 0.25) is 5.02 Å². The highest BCUT2D eigenvalue weighted by Gasteiger charge is 2.47. The molecule has 0 aliphatic carbocycles. The highest BCUT2D eigenvalue weighted by atomic mass is 35.5. The van der Waals surface area contributed by atoms with Gasteiger partial charge in [-0.25, -0.2) is 4.39 Å². The molecule has 6 N–H and O–H groups in total. The van der Waals surface area contributed by atoms with Crippen LogP contribution in [0.1, 0.15) is 11.1 Å². The molecule has 0 saturated carbocycles. The second-order valence-corrected chi connectivity index (χ2v) is 8.72. The second-order valence-electron chi connectivity index (χ2n) is 5.98. The fourth-order valence-electron chi connectivity index (χ4n) is 3.00. The molecule has 0 spiro atoms. The van der Waals surface area contributed by atoms with E-state index < -0.39 is 10.1 Å². The number of thioether (sulfide) groups is 1. The van der Waals surface area contributed by atoms with Gasteiger partial charge in [0.25, 0.3) is 5.91 Å². The number of primary amides is 1. The fourth-order valence-corrected chi connectivity index (χ4v) is 5.07. The maximum atomic E-state index is 14.3. The standard InChI is InChI=1S/C18H18ClFN4OS2/c19-12-6-3-5-11(9-21)14(12)24-16(22)15(17(23)25)27-18(24,26)8-10-4-1-2-7-13(10)20/h1-7,26H,8-9,21-22H2,(H2,23,25). The smallest absolute Gasteiger partial charge is 0.258 e. The first-order valence-electron chi connectivity index (χ1n) is 8.00. The Kier molecular flexibility index (Phi) is 5.62. The third-order valence-electron chi connectivity index (χ3n) is 4.20. The first-order valence-corrected chi connectivity index (χ1v) is 9.64. The Labute approximate surface area is 171 Å². The Morgan fingerprint density at radius 3 is 2.52 bits per heavy atom. The van der Waals surface area contributed by atoms with E-state index in [4.69, 9.17) is 41.4 Å². The Hall–Kier alpha value is -1.87. The molecule has 0 bridgehead atoms. The van der Waals surface area contributed by atoms with Crippen LogP contribution in [-0.2, 0) is 17.8 Å². The van der Waals surface area contributed by atoms with Crippen LogP contribution in [0, 0.1) is 5.82 Å². The monoisotopic (exact) mass is 424 g/mol. The van der Waals surface area contributed by atoms with Gasteiger partial charge in [-0.05, 0) is 23.3 Å². The molecule has 142 valence electrons. The number of thiol groups is 1. The molecular formula is C18H18ClFN4OS2. The van der Waals surface area contributed by atoms with Crippen LogP contribution in [0.4, 0.5) is 10.1 Å². The van der Waals surface area contributed by atoms with Crippen LogP contribution in [0.15, 0.2) is 53.2 Å². The molecule has 9 heteroatoms. The third kappa shape index (κ3) is 3.62. The molecular weight excluding hydrogens is 407 g/mol. The Morgan fingerprint density at radius 2 is 1.89 bits per heavy atom. The van der Waals surface area contributed by atoms with E-state index in [1.54, 1.807) is 41.3 Å². The van der Waals surface area contributed by atoms with Crippen molar-refractivity contribution in [3.05, 3.63) is 75.2 Å². The minimum atomic E-state index is -1.12. The number of anilines is 1. The Bertz CT molecular complexity index is 939. The Morgan fingerprint density at radius 1 is 1.22 bits per heavy atom. The van der Waals surface area contributed by atoms with Gasteiger partial charge >= 0.3 is 0 Å². The van der Waals surface area contributed by atoms with Crippen molar-refractivity contribution in [3.8, 4) is 0 Å². The largest absolute Gasteiger partial charge is 0.384 e. The van der Waals surface area contributed by atoms with Gasteiger partial charge in [0.2, 0.25) is 0 Å². The zero-order valence-corrected chi connectivity index (χ0v) is 16.6. The second kappa shape index (κ2) is 7.63. The maximum Gasteiger partial charge on any atom is 0.258 e. The molecule has 0 radical (unpaired) electrons. The van der Waals surface area contributed by atoms with E-state index in [1.807, 2.05) is 0 Å². The molecule has 1 atom stereocenters. The van der Waals surface area contributed by atoms with E-state index in [-0.39, 0.29) is 29.5 Å². The minimum Gasteiger partial charge on any atom is -0.384 e. The van der Waals surface area contributed by atoms with Gasteiger partial charge < -0.3 is 22.1 Å². The number of rotatable bonds is 5. The molecule has 1 aliphatic rings. The highest BCUT2D eigenvalue weighted by Crippen LogP contribution is 2.53. The number of carbonyl (C=O) groups excluding carboxylic acids is 1. The predicted octanol–water partition coefficient (Wildman–Crippen LogP) is 2.93. The molecule has 1 unspecified atom stereocenters. The number of halogens is 2. The van der Waals surface area contributed by atoms with Crippen molar-refractivity contribution in [2.24, 2.45) is 17.2 Å². The van der Waals surface area contributed by atoms with Crippen LogP contribution >= 0.6 is 36.0 Å². The SMILES string of the molecule is NCc1cccc(Cl)c1N1C(N)=C(C(N)=O)SC1(S)Cc1ccccc1F. The molecule has 2 aromatic rings. The molecule has 5 nitrogen and oxygen atoms in total. The van der Waals surface area contributed by atoms with Crippen LogP contribution in [0.3, 0.4) is 0 Å². The molecule has 27 heavy (non-hydrogen) atoms. The van der Waals surface area contributed by atoms with Crippen molar-refractivity contribution >= 4 is 47.6 Å². The zero-order valence-electron chi connectivity index (χ0n) is 14.2. The summed E-state index contributed by atoms with van der Waals surface area (Å²) in [5, 5.41) is 0.388. The Balaban J connectivity index is 2.17. The first-order chi connectivity index (χ1) is 12.8. The number of benzene rings is 2. The third-order valence-corrected chi connectivity index (χ3v) is 6.41. The van der Waals surface area contributed by atoms with Gasteiger partial charge in [0.15, 0.2) is 0 Å². The lowest BCUT2D eigenvalue weighted by atomic mass is 10.1. The zero-order chi connectivity index (χ0) is 19.8. The quantitative estimate of drug-likeness (QED) is 0.553. The van der Waals surface area contributed by atoms with Gasteiger partial charge in [-0.3, -0.25) is 4.79 Å². The van der Waals surface area contributed by atoms with Gasteiger partial charge in [0.05, 0.1) is 10.7 Å². The van der Waals surface area contributed by atoms with Crippen LogP contribution in [0.5, 0.6) is 0 Å². The number of para-hydroxylation sites is 1. The van der Waals surface area contributed by atoms with Gasteiger partial charge in [0, 0.05) is 13.0 Å². The molecule has 3 rings (SSSR count). The van der Waals surface area contributed by atoms with Crippen molar-refractivity contribution in [1.82, 2.24) is 0 Å². The van der Waals surface area contributed by atoms with Crippen molar-refractivity contribution in [3.63, 3.8) is 0 Å². The van der Waals surface area contributed by atoms with Crippen LogP contribution in [-0.4, -0.2) is 10.1 Å². The molecule has 0 fully saturated rings. The molecule has 0 aromatic heterocycles. The van der Waals surface area contributed by atoms with E-state index in [9.17, 15) is 9.18 Å². The normalized spacial score (nSPS) is 19.6. The van der Waals surface area contributed by atoms with E-state index in [2.05, 4.69) is 0 Å². The summed E-state index contributed by atoms with van der Waals surface area (Å²) in [6, 6.07) is 11.6. The molecule has 1 amide bonds. The molecule has 1 heterocycles. The number of hydrogen-bond donors (Lipinski definition) is 4. The van der Waals surface area contributed by atoms with E-state index >= 15 is 0 Å². The van der Waals surface area contributed by atoms with Gasteiger partial charge in [-0.15, -0.1) is 12.6 Å². The van der Waals surface area contributed by atoms with Crippen molar-refractivity contribution in [2.75, 3.05) is 4.90 Å². The highest BCUT2D eigenvalue weighted by molar-refractivity contribution is 8.15. The van der Waals surface area contributed by atoms with Crippen molar-refractivity contribution in [2.45, 2.75) is 17.2 Å². The fraction of sp³-hybridized carbons (Fsp3) is 0.167. The first kappa shape index (κ1) is 19.9. The van der Waals surface area contributed by atoms with Crippen molar-refractivity contribution in [1.29, 1.82) is 0 Å². The number of hydrogen-bond acceptors (Lipinski definition) is 6. The lowest BCUT2D eigenvalue weighted by molar-refractivity contribution is -0.113.